The first kappa shape index (κ1) is 15.5. The predicted octanol–water partition coefficient (Wildman–Crippen LogP) is 3.00. The van der Waals surface area contributed by atoms with Gasteiger partial charge in [0.25, 0.3) is 5.69 Å². The number of benzene rings is 2. The summed E-state index contributed by atoms with van der Waals surface area (Å²) in [5.41, 5.74) is 1.33. The van der Waals surface area contributed by atoms with E-state index in [0.717, 1.165) is 5.56 Å². The topological polar surface area (TPSA) is 99.2 Å². The van der Waals surface area contributed by atoms with Crippen molar-refractivity contribution < 1.29 is 10.0 Å². The minimum absolute atomic E-state index is 0.0450. The van der Waals surface area contributed by atoms with Crippen LogP contribution in [0.2, 0.25) is 0 Å². The minimum atomic E-state index is -0.524. The molecule has 0 aliphatic rings. The van der Waals surface area contributed by atoms with Crippen molar-refractivity contribution in [1.82, 2.24) is 0 Å². The summed E-state index contributed by atoms with van der Waals surface area (Å²) in [5, 5.41) is 32.3. The standard InChI is InChI=1S/C16H15N3O3/c17-11-12-6-7-15(16(10-12)19(21)22)18-14(8-9-20)13-4-2-1-3-5-13/h1-7,10,14,18,20H,8-9H2/t14-/m1/s1. The van der Waals surface area contributed by atoms with Gasteiger partial charge in [-0.3, -0.25) is 10.1 Å². The van der Waals surface area contributed by atoms with Crippen LogP contribution in [0.3, 0.4) is 0 Å². The lowest BCUT2D eigenvalue weighted by Gasteiger charge is -2.19. The van der Waals surface area contributed by atoms with E-state index in [-0.39, 0.29) is 23.9 Å². The first-order valence-corrected chi connectivity index (χ1v) is 6.76. The minimum Gasteiger partial charge on any atom is -0.396 e. The summed E-state index contributed by atoms with van der Waals surface area (Å²) in [7, 11) is 0. The molecule has 0 aliphatic carbocycles. The molecule has 0 bridgehead atoms. The summed E-state index contributed by atoms with van der Waals surface area (Å²) in [6.07, 6.45) is 0.418. The van der Waals surface area contributed by atoms with Gasteiger partial charge in [0, 0.05) is 12.7 Å². The highest BCUT2D eigenvalue weighted by molar-refractivity contribution is 5.64. The monoisotopic (exact) mass is 297 g/mol. The summed E-state index contributed by atoms with van der Waals surface area (Å²) in [6.45, 7) is -0.0450. The fourth-order valence-electron chi connectivity index (χ4n) is 2.20. The van der Waals surface area contributed by atoms with Gasteiger partial charge in [0.15, 0.2) is 0 Å². The number of hydrogen-bond acceptors (Lipinski definition) is 5. The lowest BCUT2D eigenvalue weighted by molar-refractivity contribution is -0.384. The van der Waals surface area contributed by atoms with Crippen LogP contribution in [-0.2, 0) is 0 Å². The lowest BCUT2D eigenvalue weighted by Crippen LogP contribution is -2.13. The molecule has 0 saturated carbocycles. The molecule has 0 unspecified atom stereocenters. The van der Waals surface area contributed by atoms with Crippen molar-refractivity contribution in [2.75, 3.05) is 11.9 Å². The number of nitro benzene ring substituents is 1. The summed E-state index contributed by atoms with van der Waals surface area (Å²) < 4.78 is 0. The van der Waals surface area contributed by atoms with Gasteiger partial charge in [-0.2, -0.15) is 5.26 Å². The van der Waals surface area contributed by atoms with E-state index in [1.54, 1.807) is 0 Å². The van der Waals surface area contributed by atoms with E-state index in [1.807, 2.05) is 36.4 Å². The molecular formula is C16H15N3O3. The molecule has 6 heteroatoms. The maximum atomic E-state index is 11.2. The van der Waals surface area contributed by atoms with Gasteiger partial charge >= 0.3 is 0 Å². The van der Waals surface area contributed by atoms with Crippen molar-refractivity contribution in [2.45, 2.75) is 12.5 Å². The molecule has 6 nitrogen and oxygen atoms in total. The SMILES string of the molecule is N#Cc1ccc(N[C@H](CCO)c2ccccc2)c([N+](=O)[O-])c1. The number of aliphatic hydroxyl groups is 1. The molecule has 112 valence electrons. The Balaban J connectivity index is 2.34. The number of nitrogens with zero attached hydrogens (tertiary/aromatic N) is 2. The van der Waals surface area contributed by atoms with Crippen molar-refractivity contribution >= 4 is 11.4 Å². The second kappa shape index (κ2) is 7.20. The lowest BCUT2D eigenvalue weighted by atomic mass is 10.0. The summed E-state index contributed by atoms with van der Waals surface area (Å²) in [5.74, 6) is 0. The van der Waals surface area contributed by atoms with Gasteiger partial charge in [0.1, 0.15) is 5.69 Å². The van der Waals surface area contributed by atoms with Crippen molar-refractivity contribution in [3.05, 3.63) is 69.8 Å². The molecule has 2 N–H and O–H groups in total. The summed E-state index contributed by atoms with van der Waals surface area (Å²) in [6, 6.07) is 15.3. The predicted molar refractivity (Wildman–Crippen MR) is 82.3 cm³/mol. The van der Waals surface area contributed by atoms with E-state index < -0.39 is 4.92 Å². The quantitative estimate of drug-likeness (QED) is 0.630. The highest BCUT2D eigenvalue weighted by atomic mass is 16.6. The van der Waals surface area contributed by atoms with Crippen LogP contribution in [0.5, 0.6) is 0 Å². The zero-order chi connectivity index (χ0) is 15.9. The molecule has 1 atom stereocenters. The zero-order valence-corrected chi connectivity index (χ0v) is 11.8. The van der Waals surface area contributed by atoms with Gasteiger partial charge < -0.3 is 10.4 Å². The van der Waals surface area contributed by atoms with E-state index in [2.05, 4.69) is 5.32 Å². The Morgan fingerprint density at radius 2 is 2.00 bits per heavy atom. The van der Waals surface area contributed by atoms with E-state index in [0.29, 0.717) is 12.1 Å². The Labute approximate surface area is 127 Å². The fourth-order valence-corrected chi connectivity index (χ4v) is 2.20. The molecule has 0 spiro atoms. The molecule has 0 amide bonds. The van der Waals surface area contributed by atoms with Gasteiger partial charge in [-0.1, -0.05) is 30.3 Å². The van der Waals surface area contributed by atoms with E-state index in [9.17, 15) is 15.2 Å². The molecule has 0 aliphatic heterocycles. The third-order valence-electron chi connectivity index (χ3n) is 3.27. The van der Waals surface area contributed by atoms with Gasteiger partial charge in [-0.15, -0.1) is 0 Å². The molecule has 2 aromatic rings. The molecular weight excluding hydrogens is 282 g/mol. The summed E-state index contributed by atoms with van der Waals surface area (Å²) >= 11 is 0. The average molecular weight is 297 g/mol. The van der Waals surface area contributed by atoms with Crippen LogP contribution in [0.25, 0.3) is 0 Å². The largest absolute Gasteiger partial charge is 0.396 e. The number of aliphatic hydroxyl groups excluding tert-OH is 1. The third kappa shape index (κ3) is 3.59. The summed E-state index contributed by atoms with van der Waals surface area (Å²) in [4.78, 5) is 10.6. The number of rotatable bonds is 6. The van der Waals surface area contributed by atoms with E-state index >= 15 is 0 Å². The highest BCUT2D eigenvalue weighted by Crippen LogP contribution is 2.30. The molecule has 0 heterocycles. The maximum Gasteiger partial charge on any atom is 0.293 e. The molecule has 2 aromatic carbocycles. The number of hydrogen-bond donors (Lipinski definition) is 2. The smallest absolute Gasteiger partial charge is 0.293 e. The second-order valence-electron chi connectivity index (χ2n) is 4.72. The molecule has 2 rings (SSSR count). The fraction of sp³-hybridized carbons (Fsp3) is 0.188. The Kier molecular flexibility index (Phi) is 5.07. The van der Waals surface area contributed by atoms with Crippen LogP contribution in [0.1, 0.15) is 23.6 Å². The van der Waals surface area contributed by atoms with Crippen LogP contribution >= 0.6 is 0 Å². The zero-order valence-electron chi connectivity index (χ0n) is 11.8. The third-order valence-corrected chi connectivity index (χ3v) is 3.27. The first-order valence-electron chi connectivity index (χ1n) is 6.76. The number of nitriles is 1. The van der Waals surface area contributed by atoms with Crippen LogP contribution < -0.4 is 5.32 Å². The van der Waals surface area contributed by atoms with Crippen molar-refractivity contribution in [1.29, 1.82) is 5.26 Å². The number of anilines is 1. The van der Waals surface area contributed by atoms with Crippen LogP contribution in [0, 0.1) is 21.4 Å². The number of nitro groups is 1. The van der Waals surface area contributed by atoms with Crippen molar-refractivity contribution in [3.63, 3.8) is 0 Å². The number of nitrogens with one attached hydrogen (secondary N) is 1. The molecule has 0 aromatic heterocycles. The molecule has 22 heavy (non-hydrogen) atoms. The average Bonchev–Trinajstić information content (AvgIpc) is 2.55. The Hall–Kier alpha value is -2.91. The first-order chi connectivity index (χ1) is 10.7. The van der Waals surface area contributed by atoms with Gasteiger partial charge in [-0.05, 0) is 24.1 Å². The van der Waals surface area contributed by atoms with Crippen molar-refractivity contribution in [3.8, 4) is 6.07 Å². The Morgan fingerprint density at radius 1 is 1.27 bits per heavy atom. The van der Waals surface area contributed by atoms with E-state index in [1.165, 1.54) is 18.2 Å². The normalized spacial score (nSPS) is 11.5. The van der Waals surface area contributed by atoms with Crippen LogP contribution in [-0.4, -0.2) is 16.6 Å². The van der Waals surface area contributed by atoms with E-state index in [4.69, 9.17) is 5.26 Å². The highest BCUT2D eigenvalue weighted by Gasteiger charge is 2.19. The van der Waals surface area contributed by atoms with Crippen LogP contribution in [0.4, 0.5) is 11.4 Å². The van der Waals surface area contributed by atoms with Crippen molar-refractivity contribution in [2.24, 2.45) is 0 Å². The Morgan fingerprint density at radius 3 is 2.59 bits per heavy atom. The Bertz CT molecular complexity index is 696. The molecule has 0 fully saturated rings. The molecule has 0 radical (unpaired) electrons. The van der Waals surface area contributed by atoms with Crippen LogP contribution in [0.15, 0.2) is 48.5 Å². The van der Waals surface area contributed by atoms with Gasteiger partial charge in [-0.25, -0.2) is 0 Å². The van der Waals surface area contributed by atoms with Gasteiger partial charge in [0.05, 0.1) is 22.6 Å². The second-order valence-corrected chi connectivity index (χ2v) is 4.72. The van der Waals surface area contributed by atoms with Gasteiger partial charge in [0.2, 0.25) is 0 Å². The maximum absolute atomic E-state index is 11.2. The molecule has 0 saturated heterocycles.